The van der Waals surface area contributed by atoms with Crippen LogP contribution in [0.3, 0.4) is 0 Å². The zero-order valence-corrected chi connectivity index (χ0v) is 9.22. The van der Waals surface area contributed by atoms with Crippen LogP contribution in [-0.2, 0) is 0 Å². The highest BCUT2D eigenvalue weighted by atomic mass is 19.1. The molecule has 3 nitrogen and oxygen atoms in total. The van der Waals surface area contributed by atoms with Crippen molar-refractivity contribution in [1.82, 2.24) is 0 Å². The molecule has 0 aliphatic rings. The number of rotatable bonds is 2. The number of carbonyl (C=O) groups is 1. The largest absolute Gasteiger partial charge is 0.478 e. The summed E-state index contributed by atoms with van der Waals surface area (Å²) < 4.78 is 12.8. The van der Waals surface area contributed by atoms with Crippen LogP contribution in [-0.4, -0.2) is 11.1 Å². The molecule has 0 aliphatic carbocycles. The van der Waals surface area contributed by atoms with E-state index in [1.165, 1.54) is 36.4 Å². The van der Waals surface area contributed by atoms with Crippen LogP contribution in [0.2, 0.25) is 0 Å². The van der Waals surface area contributed by atoms with Gasteiger partial charge in [-0.3, -0.25) is 0 Å². The highest BCUT2D eigenvalue weighted by Gasteiger charge is 2.12. The molecule has 0 spiro atoms. The molecular formula is C14H8FNO2. The first kappa shape index (κ1) is 11.8. The van der Waals surface area contributed by atoms with E-state index in [2.05, 4.69) is 4.85 Å². The summed E-state index contributed by atoms with van der Waals surface area (Å²) >= 11 is 0. The fourth-order valence-corrected chi connectivity index (χ4v) is 1.66. The van der Waals surface area contributed by atoms with Gasteiger partial charge in [-0.2, -0.15) is 0 Å². The molecule has 4 heteroatoms. The van der Waals surface area contributed by atoms with Crippen molar-refractivity contribution < 1.29 is 14.3 Å². The maximum atomic E-state index is 12.8. The Morgan fingerprint density at radius 2 is 1.83 bits per heavy atom. The quantitative estimate of drug-likeness (QED) is 0.813. The Morgan fingerprint density at radius 3 is 2.39 bits per heavy atom. The second-order valence-corrected chi connectivity index (χ2v) is 3.65. The van der Waals surface area contributed by atoms with Gasteiger partial charge in [0.2, 0.25) is 0 Å². The zero-order valence-electron chi connectivity index (χ0n) is 9.22. The lowest BCUT2D eigenvalue weighted by molar-refractivity contribution is 0.0698. The molecule has 88 valence electrons. The molecule has 0 bridgehead atoms. The van der Waals surface area contributed by atoms with Crippen LogP contribution < -0.4 is 0 Å². The Balaban J connectivity index is 2.60. The van der Waals surface area contributed by atoms with E-state index in [1.807, 2.05) is 0 Å². The molecule has 0 unspecified atom stereocenters. The highest BCUT2D eigenvalue weighted by Crippen LogP contribution is 2.27. The third-order valence-corrected chi connectivity index (χ3v) is 2.52. The summed E-state index contributed by atoms with van der Waals surface area (Å²) in [6.45, 7) is 6.87. The van der Waals surface area contributed by atoms with Crippen LogP contribution in [0.15, 0.2) is 42.5 Å². The van der Waals surface area contributed by atoms with Crippen LogP contribution in [0.5, 0.6) is 0 Å². The molecule has 0 amide bonds. The Labute approximate surface area is 103 Å². The van der Waals surface area contributed by atoms with E-state index >= 15 is 0 Å². The molecule has 0 saturated carbocycles. The maximum Gasteiger partial charge on any atom is 0.335 e. The molecule has 0 heterocycles. The standard InChI is InChI=1S/C14H8FNO2/c1-16-11-6-7-12(13(8-11)14(17)18)9-2-4-10(15)5-3-9/h2-8H,(H,17,18). The summed E-state index contributed by atoms with van der Waals surface area (Å²) in [5.41, 5.74) is 1.37. The van der Waals surface area contributed by atoms with Gasteiger partial charge in [-0.15, -0.1) is 0 Å². The molecule has 1 N–H and O–H groups in total. The van der Waals surface area contributed by atoms with Crippen molar-refractivity contribution in [3.63, 3.8) is 0 Å². The van der Waals surface area contributed by atoms with E-state index in [0.29, 0.717) is 11.1 Å². The molecule has 0 aromatic heterocycles. The summed E-state index contributed by atoms with van der Waals surface area (Å²) in [5.74, 6) is -1.49. The minimum absolute atomic E-state index is 0.0371. The van der Waals surface area contributed by atoms with Gasteiger partial charge in [0.25, 0.3) is 0 Å². The third-order valence-electron chi connectivity index (χ3n) is 2.52. The third kappa shape index (κ3) is 2.20. The summed E-state index contributed by atoms with van der Waals surface area (Å²) in [7, 11) is 0. The highest BCUT2D eigenvalue weighted by molar-refractivity contribution is 5.97. The van der Waals surface area contributed by atoms with Crippen LogP contribution in [0.4, 0.5) is 10.1 Å². The normalized spacial score (nSPS) is 9.78. The monoisotopic (exact) mass is 241 g/mol. The SMILES string of the molecule is [C-]#[N+]c1ccc(-c2ccc(F)cc2)c(C(=O)O)c1. The lowest BCUT2D eigenvalue weighted by atomic mass is 9.99. The minimum Gasteiger partial charge on any atom is -0.478 e. The summed E-state index contributed by atoms with van der Waals surface area (Å²) in [6.07, 6.45) is 0. The van der Waals surface area contributed by atoms with Crippen molar-refractivity contribution in [1.29, 1.82) is 0 Å². The molecule has 0 saturated heterocycles. The second kappa shape index (κ2) is 4.68. The smallest absolute Gasteiger partial charge is 0.335 e. The van der Waals surface area contributed by atoms with Crippen molar-refractivity contribution in [2.24, 2.45) is 0 Å². The molecule has 2 aromatic rings. The van der Waals surface area contributed by atoms with Crippen molar-refractivity contribution in [3.05, 3.63) is 65.3 Å². The van der Waals surface area contributed by atoms with Gasteiger partial charge < -0.3 is 5.11 Å². The number of aromatic carboxylic acids is 1. The van der Waals surface area contributed by atoms with Gasteiger partial charge in [0.15, 0.2) is 5.69 Å². The summed E-state index contributed by atoms with van der Waals surface area (Å²) in [4.78, 5) is 14.3. The Bertz CT molecular complexity index is 642. The number of halogens is 1. The molecule has 0 radical (unpaired) electrons. The van der Waals surface area contributed by atoms with Crippen LogP contribution >= 0.6 is 0 Å². The lowest BCUT2D eigenvalue weighted by Crippen LogP contribution is -1.99. The topological polar surface area (TPSA) is 41.7 Å². The fraction of sp³-hybridized carbons (Fsp3) is 0. The van der Waals surface area contributed by atoms with E-state index < -0.39 is 5.97 Å². The van der Waals surface area contributed by atoms with Gasteiger partial charge in [-0.1, -0.05) is 24.3 Å². The zero-order chi connectivity index (χ0) is 13.1. The van der Waals surface area contributed by atoms with Crippen molar-refractivity contribution in [2.75, 3.05) is 0 Å². The van der Waals surface area contributed by atoms with Crippen LogP contribution in [0.1, 0.15) is 10.4 Å². The second-order valence-electron chi connectivity index (χ2n) is 3.65. The van der Waals surface area contributed by atoms with Gasteiger partial charge in [0.1, 0.15) is 5.82 Å². The summed E-state index contributed by atoms with van der Waals surface area (Å²) in [5, 5.41) is 9.12. The first-order valence-electron chi connectivity index (χ1n) is 5.12. The van der Waals surface area contributed by atoms with Crippen LogP contribution in [0.25, 0.3) is 16.0 Å². The number of carboxylic acid groups (broad SMARTS) is 1. The predicted octanol–water partition coefficient (Wildman–Crippen LogP) is 3.74. The fourth-order valence-electron chi connectivity index (χ4n) is 1.66. The Hall–Kier alpha value is -2.67. The average Bonchev–Trinajstić information content (AvgIpc) is 2.39. The van der Waals surface area contributed by atoms with Crippen LogP contribution in [0, 0.1) is 12.4 Å². The number of nitrogens with zero attached hydrogens (tertiary/aromatic N) is 1. The Morgan fingerprint density at radius 1 is 1.17 bits per heavy atom. The van der Waals surface area contributed by atoms with Crippen molar-refractivity contribution >= 4 is 11.7 Å². The minimum atomic E-state index is -1.11. The van der Waals surface area contributed by atoms with E-state index in [0.717, 1.165) is 0 Å². The molecule has 18 heavy (non-hydrogen) atoms. The van der Waals surface area contributed by atoms with Gasteiger partial charge in [-0.05, 0) is 29.3 Å². The summed E-state index contributed by atoms with van der Waals surface area (Å²) in [6, 6.07) is 9.97. The van der Waals surface area contributed by atoms with E-state index in [4.69, 9.17) is 11.7 Å². The van der Waals surface area contributed by atoms with Crippen molar-refractivity contribution in [3.8, 4) is 11.1 Å². The molecule has 2 rings (SSSR count). The predicted molar refractivity (Wildman–Crippen MR) is 65.1 cm³/mol. The van der Waals surface area contributed by atoms with Gasteiger partial charge in [-0.25, -0.2) is 14.0 Å². The van der Waals surface area contributed by atoms with Gasteiger partial charge in [0, 0.05) is 0 Å². The molecule has 0 fully saturated rings. The van der Waals surface area contributed by atoms with E-state index in [9.17, 15) is 9.18 Å². The van der Waals surface area contributed by atoms with E-state index in [1.54, 1.807) is 6.07 Å². The molecule has 0 aliphatic heterocycles. The first-order chi connectivity index (χ1) is 8.61. The van der Waals surface area contributed by atoms with Gasteiger partial charge in [0.05, 0.1) is 12.1 Å². The van der Waals surface area contributed by atoms with Crippen molar-refractivity contribution in [2.45, 2.75) is 0 Å². The first-order valence-corrected chi connectivity index (χ1v) is 5.12. The Kier molecular flexibility index (Phi) is 3.07. The molecule has 2 aromatic carbocycles. The van der Waals surface area contributed by atoms with E-state index in [-0.39, 0.29) is 17.1 Å². The average molecular weight is 241 g/mol. The number of benzene rings is 2. The maximum absolute atomic E-state index is 12.8. The number of carboxylic acids is 1. The number of hydrogen-bond donors (Lipinski definition) is 1. The number of hydrogen-bond acceptors (Lipinski definition) is 1. The van der Waals surface area contributed by atoms with Gasteiger partial charge >= 0.3 is 5.97 Å². The molecule has 0 atom stereocenters. The molecular weight excluding hydrogens is 233 g/mol. The lowest BCUT2D eigenvalue weighted by Gasteiger charge is -2.06.